The van der Waals surface area contributed by atoms with Crippen LogP contribution in [0.5, 0.6) is 0 Å². The molecule has 0 heterocycles. The Morgan fingerprint density at radius 1 is 0.269 bits per heavy atom. The molecule has 0 saturated heterocycles. The Bertz CT molecular complexity index is 1830. The topological polar surface area (TPSA) is 237 Å². The maximum Gasteiger partial charge on any atom is 0.472 e. The van der Waals surface area contributed by atoms with Gasteiger partial charge in [0.05, 0.1) is 26.4 Å². The summed E-state index contributed by atoms with van der Waals surface area (Å²) in [5.74, 6) is 0.890. The zero-order valence-electron chi connectivity index (χ0n) is 60.9. The minimum Gasteiger partial charge on any atom is -0.462 e. The molecule has 93 heavy (non-hydrogen) atoms. The van der Waals surface area contributed by atoms with Gasteiger partial charge in [-0.15, -0.1) is 0 Å². The van der Waals surface area contributed by atoms with Gasteiger partial charge in [-0.1, -0.05) is 319 Å². The van der Waals surface area contributed by atoms with Gasteiger partial charge in [0.25, 0.3) is 0 Å². The predicted octanol–water partition coefficient (Wildman–Crippen LogP) is 21.3. The van der Waals surface area contributed by atoms with Crippen LogP contribution < -0.4 is 0 Å². The summed E-state index contributed by atoms with van der Waals surface area (Å²) in [6.45, 7) is 14.1. The van der Waals surface area contributed by atoms with Crippen molar-refractivity contribution in [2.24, 2.45) is 23.7 Å². The Labute approximate surface area is 568 Å². The minimum atomic E-state index is -4.96. The van der Waals surface area contributed by atoms with E-state index in [1.54, 1.807) is 0 Å². The lowest BCUT2D eigenvalue weighted by Gasteiger charge is -2.21. The standard InChI is InChI=1S/C74H144O17P2/c1-64(2)50-42-34-26-19-13-10-9-11-15-22-30-38-46-54-71(76)84-60-69(90-74(79)57-49-41-32-24-18-17-21-28-36-44-52-66(5)6)62-88-92(80,81)86-58-68(75)59-87-93(82,83)89-63-70(61-85-72(77)55-47-39-33-25-29-37-45-53-67(7)8)91-73(78)56-48-40-31-23-16-12-14-20-27-35-43-51-65(3)4/h64-70,75H,9-63H2,1-8H3,(H,80,81)(H,82,83)/t68?,69-,70-/m1/s1. The fraction of sp³-hybridized carbons (Fsp3) is 0.946. The number of carbonyl (C=O) groups is 4. The molecule has 0 fully saturated rings. The number of esters is 4. The highest BCUT2D eigenvalue weighted by molar-refractivity contribution is 7.47. The van der Waals surface area contributed by atoms with Gasteiger partial charge in [0.2, 0.25) is 0 Å². The third-order valence-corrected chi connectivity index (χ3v) is 19.0. The van der Waals surface area contributed by atoms with Crippen LogP contribution in [0.4, 0.5) is 0 Å². The molecule has 0 bridgehead atoms. The molecule has 3 unspecified atom stereocenters. The van der Waals surface area contributed by atoms with Gasteiger partial charge in [-0.2, -0.15) is 0 Å². The first kappa shape index (κ1) is 91.1. The fourth-order valence-corrected chi connectivity index (χ4v) is 12.8. The van der Waals surface area contributed by atoms with Crippen LogP contribution in [0.3, 0.4) is 0 Å². The highest BCUT2D eigenvalue weighted by Crippen LogP contribution is 2.45. The molecule has 0 aliphatic carbocycles. The molecule has 0 aromatic heterocycles. The molecule has 0 aliphatic heterocycles. The molecule has 17 nitrogen and oxygen atoms in total. The van der Waals surface area contributed by atoms with Crippen LogP contribution in [0.2, 0.25) is 0 Å². The van der Waals surface area contributed by atoms with Crippen LogP contribution in [-0.4, -0.2) is 96.7 Å². The van der Waals surface area contributed by atoms with Crippen molar-refractivity contribution < 1.29 is 80.2 Å². The molecule has 0 aromatic rings. The van der Waals surface area contributed by atoms with Gasteiger partial charge in [-0.3, -0.25) is 37.3 Å². The van der Waals surface area contributed by atoms with Gasteiger partial charge in [0.15, 0.2) is 12.2 Å². The van der Waals surface area contributed by atoms with Crippen LogP contribution >= 0.6 is 15.6 Å². The van der Waals surface area contributed by atoms with Crippen LogP contribution in [0.15, 0.2) is 0 Å². The van der Waals surface area contributed by atoms with Crippen molar-refractivity contribution in [1.29, 1.82) is 0 Å². The smallest absolute Gasteiger partial charge is 0.462 e. The van der Waals surface area contributed by atoms with Crippen molar-refractivity contribution in [1.82, 2.24) is 0 Å². The molecule has 0 spiro atoms. The van der Waals surface area contributed by atoms with Crippen molar-refractivity contribution in [3.05, 3.63) is 0 Å². The lowest BCUT2D eigenvalue weighted by molar-refractivity contribution is -0.161. The second-order valence-electron chi connectivity index (χ2n) is 28.6. The molecular weight excluding hydrogens is 1220 g/mol. The van der Waals surface area contributed by atoms with Crippen LogP contribution in [0.25, 0.3) is 0 Å². The van der Waals surface area contributed by atoms with Crippen molar-refractivity contribution in [2.45, 2.75) is 388 Å². The van der Waals surface area contributed by atoms with E-state index in [1.807, 2.05) is 0 Å². The first-order valence-corrected chi connectivity index (χ1v) is 41.2. The molecule has 552 valence electrons. The van der Waals surface area contributed by atoms with E-state index >= 15 is 0 Å². The van der Waals surface area contributed by atoms with E-state index in [0.717, 1.165) is 114 Å². The average molecular weight is 1370 g/mol. The molecule has 0 saturated carbocycles. The summed E-state index contributed by atoms with van der Waals surface area (Å²) in [4.78, 5) is 72.7. The largest absolute Gasteiger partial charge is 0.472 e. The monoisotopic (exact) mass is 1370 g/mol. The second-order valence-corrected chi connectivity index (χ2v) is 31.5. The van der Waals surface area contributed by atoms with E-state index in [2.05, 4.69) is 55.4 Å². The molecule has 0 aromatic carbocycles. The van der Waals surface area contributed by atoms with Gasteiger partial charge in [-0.05, 0) is 49.4 Å². The normalized spacial score (nSPS) is 14.2. The number of unbranched alkanes of at least 4 members (excludes halogenated alkanes) is 37. The minimum absolute atomic E-state index is 0.105. The number of rotatable bonds is 71. The average Bonchev–Trinajstić information content (AvgIpc) is 3.53. The number of hydrogen-bond donors (Lipinski definition) is 3. The SMILES string of the molecule is CC(C)CCCCCCCCCCCCCCCC(=O)OC[C@H](COP(=O)(O)OCC(O)COP(=O)(O)OC[C@@H](COC(=O)CCCCCCCCCC(C)C)OC(=O)CCCCCCCCCCCCCC(C)C)OC(=O)CCCCCCCCCCCCC(C)C. The van der Waals surface area contributed by atoms with Crippen molar-refractivity contribution in [3.63, 3.8) is 0 Å². The highest BCUT2D eigenvalue weighted by Gasteiger charge is 2.30. The lowest BCUT2D eigenvalue weighted by Crippen LogP contribution is -2.30. The summed E-state index contributed by atoms with van der Waals surface area (Å²) >= 11 is 0. The molecule has 0 aliphatic rings. The maximum absolute atomic E-state index is 13.1. The zero-order chi connectivity index (χ0) is 68.9. The Kier molecular flexibility index (Phi) is 62.2. The number of aliphatic hydroxyl groups excluding tert-OH is 1. The van der Waals surface area contributed by atoms with Gasteiger partial charge in [-0.25, -0.2) is 9.13 Å². The van der Waals surface area contributed by atoms with Crippen molar-refractivity contribution in [3.8, 4) is 0 Å². The number of aliphatic hydroxyl groups is 1. The van der Waals surface area contributed by atoms with Crippen LogP contribution in [0, 0.1) is 23.7 Å². The highest BCUT2D eigenvalue weighted by atomic mass is 31.2. The zero-order valence-corrected chi connectivity index (χ0v) is 62.7. The molecule has 3 N–H and O–H groups in total. The third-order valence-electron chi connectivity index (χ3n) is 17.1. The first-order chi connectivity index (χ1) is 44.6. The van der Waals surface area contributed by atoms with E-state index in [4.69, 9.17) is 37.0 Å². The fourth-order valence-electron chi connectivity index (χ4n) is 11.2. The quantitative estimate of drug-likeness (QED) is 0.0222. The summed E-state index contributed by atoms with van der Waals surface area (Å²) in [6, 6.07) is 0. The number of phosphoric ester groups is 2. The molecule has 0 radical (unpaired) electrons. The van der Waals surface area contributed by atoms with Crippen molar-refractivity contribution in [2.75, 3.05) is 39.6 Å². The number of carbonyl (C=O) groups excluding carboxylic acids is 4. The van der Waals surface area contributed by atoms with Crippen LogP contribution in [0.1, 0.15) is 370 Å². The van der Waals surface area contributed by atoms with Gasteiger partial charge in [0, 0.05) is 25.7 Å². The molecule has 19 heteroatoms. The number of ether oxygens (including phenoxy) is 4. The molecule has 0 amide bonds. The van der Waals surface area contributed by atoms with E-state index in [0.29, 0.717) is 31.6 Å². The predicted molar refractivity (Wildman–Crippen MR) is 377 cm³/mol. The van der Waals surface area contributed by atoms with E-state index < -0.39 is 97.5 Å². The van der Waals surface area contributed by atoms with Crippen molar-refractivity contribution >= 4 is 39.5 Å². The lowest BCUT2D eigenvalue weighted by atomic mass is 10.0. The number of phosphoric acid groups is 2. The summed E-state index contributed by atoms with van der Waals surface area (Å²) in [6.07, 6.45) is 47.2. The van der Waals surface area contributed by atoms with E-state index in [9.17, 15) is 43.2 Å². The molecule has 5 atom stereocenters. The summed E-state index contributed by atoms with van der Waals surface area (Å²) in [5.41, 5.74) is 0. The maximum atomic E-state index is 13.1. The summed E-state index contributed by atoms with van der Waals surface area (Å²) < 4.78 is 68.4. The Hall–Kier alpha value is -1.94. The van der Waals surface area contributed by atoms with E-state index in [-0.39, 0.29) is 25.7 Å². The van der Waals surface area contributed by atoms with Crippen LogP contribution in [-0.2, 0) is 65.4 Å². The second kappa shape index (κ2) is 63.5. The summed E-state index contributed by atoms with van der Waals surface area (Å²) in [5, 5.41) is 10.6. The molecular formula is C74H144O17P2. The Morgan fingerprint density at radius 3 is 0.667 bits per heavy atom. The Balaban J connectivity index is 5.25. The number of hydrogen-bond acceptors (Lipinski definition) is 15. The third kappa shape index (κ3) is 68.4. The summed E-state index contributed by atoms with van der Waals surface area (Å²) in [7, 11) is -9.91. The molecule has 0 rings (SSSR count). The van der Waals surface area contributed by atoms with Gasteiger partial charge in [0.1, 0.15) is 19.3 Å². The van der Waals surface area contributed by atoms with Gasteiger partial charge < -0.3 is 33.8 Å². The van der Waals surface area contributed by atoms with Gasteiger partial charge >= 0.3 is 39.5 Å². The first-order valence-electron chi connectivity index (χ1n) is 38.2. The Morgan fingerprint density at radius 2 is 0.452 bits per heavy atom. The van der Waals surface area contributed by atoms with E-state index in [1.165, 1.54) is 167 Å².